The van der Waals surface area contributed by atoms with Crippen molar-refractivity contribution in [3.05, 3.63) is 34.9 Å². The van der Waals surface area contributed by atoms with Gasteiger partial charge in [-0.05, 0) is 37.8 Å². The Balaban J connectivity index is 2.80. The van der Waals surface area contributed by atoms with Crippen molar-refractivity contribution in [3.8, 4) is 0 Å². The highest BCUT2D eigenvalue weighted by Gasteiger charge is 2.19. The third kappa shape index (κ3) is 5.42. The highest BCUT2D eigenvalue weighted by Crippen LogP contribution is 2.20. The van der Waals surface area contributed by atoms with Crippen molar-refractivity contribution < 1.29 is 4.74 Å². The summed E-state index contributed by atoms with van der Waals surface area (Å²) in [6.07, 6.45) is 2.31. The lowest BCUT2D eigenvalue weighted by molar-refractivity contribution is 0.110. The molecule has 3 heteroatoms. The molecule has 0 saturated carbocycles. The van der Waals surface area contributed by atoms with E-state index >= 15 is 0 Å². The van der Waals surface area contributed by atoms with E-state index in [1.807, 2.05) is 0 Å². The number of methoxy groups -OCH3 is 1. The summed E-state index contributed by atoms with van der Waals surface area (Å²) in [5.41, 5.74) is 10.3. The second-order valence-corrected chi connectivity index (χ2v) is 5.92. The minimum absolute atomic E-state index is 0.0584. The van der Waals surface area contributed by atoms with Gasteiger partial charge in [-0.1, -0.05) is 37.6 Å². The summed E-state index contributed by atoms with van der Waals surface area (Å²) in [7, 11) is 1.76. The number of nitrogens with zero attached hydrogens (tertiary/aromatic N) is 1. The van der Waals surface area contributed by atoms with Crippen LogP contribution in [-0.4, -0.2) is 37.7 Å². The highest BCUT2D eigenvalue weighted by molar-refractivity contribution is 5.32. The van der Waals surface area contributed by atoms with Gasteiger partial charge < -0.3 is 10.5 Å². The Bertz CT molecular complexity index is 416. The molecular weight excluding hydrogens is 260 g/mol. The Labute approximate surface area is 130 Å². The fraction of sp³-hybridized carbons (Fsp3) is 0.667. The molecule has 0 radical (unpaired) electrons. The van der Waals surface area contributed by atoms with Crippen LogP contribution in [0, 0.1) is 13.8 Å². The monoisotopic (exact) mass is 292 g/mol. The number of rotatable bonds is 9. The summed E-state index contributed by atoms with van der Waals surface area (Å²) in [4.78, 5) is 2.48. The lowest BCUT2D eigenvalue weighted by atomic mass is 9.98. The maximum absolute atomic E-state index is 6.48. The Morgan fingerprint density at radius 2 is 1.86 bits per heavy atom. The van der Waals surface area contributed by atoms with Gasteiger partial charge in [0, 0.05) is 32.3 Å². The molecular formula is C18H32N2O. The Morgan fingerprint density at radius 1 is 1.19 bits per heavy atom. The average molecular weight is 292 g/mol. The molecule has 0 spiro atoms. The molecule has 0 aliphatic heterocycles. The van der Waals surface area contributed by atoms with Gasteiger partial charge in [0.1, 0.15) is 0 Å². The number of ether oxygens (including phenoxy) is 1. The van der Waals surface area contributed by atoms with Crippen LogP contribution in [0.1, 0.15) is 49.4 Å². The van der Waals surface area contributed by atoms with Crippen molar-refractivity contribution in [3.63, 3.8) is 0 Å². The molecule has 3 nitrogen and oxygen atoms in total. The van der Waals surface area contributed by atoms with Crippen LogP contribution >= 0.6 is 0 Å². The number of hydrogen-bond acceptors (Lipinski definition) is 3. The molecule has 0 aliphatic rings. The topological polar surface area (TPSA) is 38.5 Å². The zero-order valence-corrected chi connectivity index (χ0v) is 14.4. The molecule has 0 amide bonds. The van der Waals surface area contributed by atoms with Gasteiger partial charge in [-0.2, -0.15) is 0 Å². The van der Waals surface area contributed by atoms with Gasteiger partial charge in [-0.3, -0.25) is 4.90 Å². The van der Waals surface area contributed by atoms with Crippen molar-refractivity contribution in [2.24, 2.45) is 5.73 Å². The van der Waals surface area contributed by atoms with E-state index in [9.17, 15) is 0 Å². The van der Waals surface area contributed by atoms with E-state index in [-0.39, 0.29) is 6.04 Å². The largest absolute Gasteiger partial charge is 0.383 e. The summed E-state index contributed by atoms with van der Waals surface area (Å²) in [5, 5.41) is 0. The summed E-state index contributed by atoms with van der Waals surface area (Å²) in [5.74, 6) is 0. The van der Waals surface area contributed by atoms with Crippen LogP contribution in [0.4, 0.5) is 0 Å². The molecule has 0 bridgehead atoms. The van der Waals surface area contributed by atoms with Crippen LogP contribution in [0.25, 0.3) is 0 Å². The lowest BCUT2D eigenvalue weighted by Gasteiger charge is -2.33. The molecule has 21 heavy (non-hydrogen) atoms. The highest BCUT2D eigenvalue weighted by atomic mass is 16.5. The van der Waals surface area contributed by atoms with Gasteiger partial charge >= 0.3 is 0 Å². The number of benzene rings is 1. The third-order valence-corrected chi connectivity index (χ3v) is 4.30. The van der Waals surface area contributed by atoms with Crippen LogP contribution in [0.15, 0.2) is 18.2 Å². The van der Waals surface area contributed by atoms with E-state index in [0.29, 0.717) is 6.04 Å². The molecule has 1 atom stereocenters. The Morgan fingerprint density at radius 3 is 2.38 bits per heavy atom. The van der Waals surface area contributed by atoms with Gasteiger partial charge in [0.05, 0.1) is 6.61 Å². The Hall–Kier alpha value is -0.900. The number of hydrogen-bond donors (Lipinski definition) is 1. The third-order valence-electron chi connectivity index (χ3n) is 4.30. The second kappa shape index (κ2) is 9.19. The fourth-order valence-corrected chi connectivity index (χ4v) is 3.03. The predicted molar refractivity (Wildman–Crippen MR) is 90.7 cm³/mol. The summed E-state index contributed by atoms with van der Waals surface area (Å²) in [6.45, 7) is 11.4. The van der Waals surface area contributed by atoms with Crippen LogP contribution in [0.5, 0.6) is 0 Å². The summed E-state index contributed by atoms with van der Waals surface area (Å²) >= 11 is 0. The van der Waals surface area contributed by atoms with E-state index in [0.717, 1.165) is 32.5 Å². The first-order chi connectivity index (χ1) is 10.0. The van der Waals surface area contributed by atoms with Crippen molar-refractivity contribution in [1.29, 1.82) is 0 Å². The quantitative estimate of drug-likeness (QED) is 0.757. The molecule has 0 aromatic heterocycles. The van der Waals surface area contributed by atoms with Crippen molar-refractivity contribution in [1.82, 2.24) is 4.90 Å². The SMILES string of the molecule is CCC(CC)N(CCOC)CC(N)c1ccc(C)cc1C. The first-order valence-electron chi connectivity index (χ1n) is 8.09. The van der Waals surface area contributed by atoms with E-state index < -0.39 is 0 Å². The molecule has 1 rings (SSSR count). The predicted octanol–water partition coefficient (Wildman–Crippen LogP) is 3.44. The normalized spacial score (nSPS) is 13.1. The van der Waals surface area contributed by atoms with Crippen molar-refractivity contribution in [2.75, 3.05) is 26.8 Å². The van der Waals surface area contributed by atoms with E-state index in [1.165, 1.54) is 16.7 Å². The molecule has 0 aliphatic carbocycles. The molecule has 0 saturated heterocycles. The second-order valence-electron chi connectivity index (χ2n) is 5.92. The molecule has 1 aromatic rings. The van der Waals surface area contributed by atoms with Crippen molar-refractivity contribution >= 4 is 0 Å². The molecule has 2 N–H and O–H groups in total. The van der Waals surface area contributed by atoms with Crippen molar-refractivity contribution in [2.45, 2.75) is 52.6 Å². The molecule has 0 heterocycles. The van der Waals surface area contributed by atoms with Gasteiger partial charge in [0.2, 0.25) is 0 Å². The average Bonchev–Trinajstić information content (AvgIpc) is 2.45. The maximum atomic E-state index is 6.48. The first kappa shape index (κ1) is 18.1. The summed E-state index contributed by atoms with van der Waals surface area (Å²) in [6, 6.07) is 7.18. The molecule has 120 valence electrons. The zero-order chi connectivity index (χ0) is 15.8. The van der Waals surface area contributed by atoms with Gasteiger partial charge in [0.25, 0.3) is 0 Å². The lowest BCUT2D eigenvalue weighted by Crippen LogP contribution is -2.41. The summed E-state index contributed by atoms with van der Waals surface area (Å²) < 4.78 is 5.26. The van der Waals surface area contributed by atoms with E-state index in [1.54, 1.807) is 7.11 Å². The van der Waals surface area contributed by atoms with Crippen LogP contribution in [0.2, 0.25) is 0 Å². The fourth-order valence-electron chi connectivity index (χ4n) is 3.03. The first-order valence-corrected chi connectivity index (χ1v) is 8.09. The minimum Gasteiger partial charge on any atom is -0.383 e. The van der Waals surface area contributed by atoms with Gasteiger partial charge in [-0.25, -0.2) is 0 Å². The Kier molecular flexibility index (Phi) is 7.94. The van der Waals surface area contributed by atoms with Gasteiger partial charge in [0.15, 0.2) is 0 Å². The van der Waals surface area contributed by atoms with Crippen LogP contribution < -0.4 is 5.73 Å². The number of nitrogens with two attached hydrogens (primary N) is 1. The molecule has 0 fully saturated rings. The standard InChI is InChI=1S/C18H32N2O/c1-6-16(7-2)20(10-11-21-5)13-18(19)17-9-8-14(3)12-15(17)4/h8-9,12,16,18H,6-7,10-11,13,19H2,1-5H3. The van der Waals surface area contributed by atoms with Gasteiger partial charge in [-0.15, -0.1) is 0 Å². The molecule has 1 unspecified atom stereocenters. The van der Waals surface area contributed by atoms with E-state index in [4.69, 9.17) is 10.5 Å². The number of aryl methyl sites for hydroxylation is 2. The maximum Gasteiger partial charge on any atom is 0.0589 e. The molecule has 1 aromatic carbocycles. The van der Waals surface area contributed by atoms with Crippen LogP contribution in [-0.2, 0) is 4.74 Å². The van der Waals surface area contributed by atoms with Crippen LogP contribution in [0.3, 0.4) is 0 Å². The van der Waals surface area contributed by atoms with E-state index in [2.05, 4.69) is 50.8 Å². The minimum atomic E-state index is 0.0584. The zero-order valence-electron chi connectivity index (χ0n) is 14.4. The smallest absolute Gasteiger partial charge is 0.0589 e.